The van der Waals surface area contributed by atoms with Gasteiger partial charge in [-0.15, -0.1) is 0 Å². The molecule has 0 radical (unpaired) electrons. The molecule has 20 heavy (non-hydrogen) atoms. The fourth-order valence-electron chi connectivity index (χ4n) is 3.18. The Morgan fingerprint density at radius 1 is 1.20 bits per heavy atom. The molecular weight excluding hydrogens is 250 g/mol. The van der Waals surface area contributed by atoms with Crippen molar-refractivity contribution in [2.24, 2.45) is 0 Å². The molecule has 1 N–H and O–H groups in total. The molecule has 4 nitrogen and oxygen atoms in total. The van der Waals surface area contributed by atoms with E-state index in [2.05, 4.69) is 23.3 Å². The lowest BCUT2D eigenvalue weighted by molar-refractivity contribution is 0.105. The molecule has 0 bridgehead atoms. The summed E-state index contributed by atoms with van der Waals surface area (Å²) in [4.78, 5) is 9.51. The lowest BCUT2D eigenvalue weighted by Crippen LogP contribution is -2.11. The van der Waals surface area contributed by atoms with E-state index in [4.69, 9.17) is 9.72 Å². The molecule has 110 valence electrons. The largest absolute Gasteiger partial charge is 0.370 e. The van der Waals surface area contributed by atoms with Gasteiger partial charge in [-0.1, -0.05) is 19.8 Å². The Labute approximate surface area is 121 Å². The lowest BCUT2D eigenvalue weighted by atomic mass is 10.0. The minimum Gasteiger partial charge on any atom is -0.370 e. The van der Waals surface area contributed by atoms with Gasteiger partial charge in [-0.2, -0.15) is 0 Å². The SMILES string of the molecule is CCCNc1cc(C2CCCC2)nc(C2CCCO2)n1. The van der Waals surface area contributed by atoms with Crippen LogP contribution in [0.5, 0.6) is 0 Å². The van der Waals surface area contributed by atoms with Crippen molar-refractivity contribution in [2.45, 2.75) is 63.9 Å². The van der Waals surface area contributed by atoms with Crippen LogP contribution in [0.1, 0.15) is 75.4 Å². The van der Waals surface area contributed by atoms with E-state index >= 15 is 0 Å². The van der Waals surface area contributed by atoms with Gasteiger partial charge in [0.1, 0.15) is 11.9 Å². The van der Waals surface area contributed by atoms with Crippen LogP contribution in [0.3, 0.4) is 0 Å². The zero-order valence-electron chi connectivity index (χ0n) is 12.4. The van der Waals surface area contributed by atoms with Crippen molar-refractivity contribution < 1.29 is 4.74 Å². The number of nitrogens with zero attached hydrogens (tertiary/aromatic N) is 2. The van der Waals surface area contributed by atoms with Crippen LogP contribution in [0.15, 0.2) is 6.07 Å². The van der Waals surface area contributed by atoms with E-state index < -0.39 is 0 Å². The standard InChI is InChI=1S/C16H25N3O/c1-2-9-17-15-11-13(12-6-3-4-7-12)18-16(19-15)14-8-5-10-20-14/h11-12,14H,2-10H2,1H3,(H,17,18,19). The first-order valence-corrected chi connectivity index (χ1v) is 8.11. The number of hydrogen-bond acceptors (Lipinski definition) is 4. The second-order valence-corrected chi connectivity index (χ2v) is 5.95. The first-order valence-electron chi connectivity index (χ1n) is 8.11. The predicted molar refractivity (Wildman–Crippen MR) is 79.9 cm³/mol. The molecular formula is C16H25N3O. The van der Waals surface area contributed by atoms with Gasteiger partial charge in [-0.05, 0) is 32.1 Å². The molecule has 2 fully saturated rings. The molecule has 2 aliphatic rings. The highest BCUT2D eigenvalue weighted by Crippen LogP contribution is 2.35. The van der Waals surface area contributed by atoms with E-state index in [1.54, 1.807) is 0 Å². The summed E-state index contributed by atoms with van der Waals surface area (Å²) in [6, 6.07) is 2.16. The quantitative estimate of drug-likeness (QED) is 0.887. The predicted octanol–water partition coefficient (Wildman–Crippen LogP) is 3.81. The Bertz CT molecular complexity index is 403. The van der Waals surface area contributed by atoms with Gasteiger partial charge in [-0.3, -0.25) is 0 Å². The molecule has 0 aromatic carbocycles. The average Bonchev–Trinajstić information content (AvgIpc) is 3.17. The number of rotatable bonds is 5. The average molecular weight is 275 g/mol. The van der Waals surface area contributed by atoms with Gasteiger partial charge in [0.05, 0.1) is 0 Å². The number of hydrogen-bond donors (Lipinski definition) is 1. The fraction of sp³-hybridized carbons (Fsp3) is 0.750. The topological polar surface area (TPSA) is 47.0 Å². The van der Waals surface area contributed by atoms with Crippen LogP contribution in [0, 0.1) is 0 Å². The smallest absolute Gasteiger partial charge is 0.159 e. The summed E-state index contributed by atoms with van der Waals surface area (Å²) in [7, 11) is 0. The van der Waals surface area contributed by atoms with Crippen molar-refractivity contribution in [2.75, 3.05) is 18.5 Å². The lowest BCUT2D eigenvalue weighted by Gasteiger charge is -2.16. The van der Waals surface area contributed by atoms with E-state index in [1.165, 1.54) is 31.4 Å². The van der Waals surface area contributed by atoms with Crippen LogP contribution in [-0.2, 0) is 4.74 Å². The van der Waals surface area contributed by atoms with Gasteiger partial charge in [0, 0.05) is 30.8 Å². The van der Waals surface area contributed by atoms with Crippen molar-refractivity contribution in [3.05, 3.63) is 17.6 Å². The molecule has 1 atom stereocenters. The van der Waals surface area contributed by atoms with Crippen molar-refractivity contribution in [3.63, 3.8) is 0 Å². The van der Waals surface area contributed by atoms with Crippen LogP contribution in [0.4, 0.5) is 5.82 Å². The first kappa shape index (κ1) is 13.8. The van der Waals surface area contributed by atoms with Crippen LogP contribution in [-0.4, -0.2) is 23.1 Å². The number of anilines is 1. The van der Waals surface area contributed by atoms with Crippen LogP contribution >= 0.6 is 0 Å². The molecule has 1 saturated heterocycles. The monoisotopic (exact) mass is 275 g/mol. The zero-order valence-corrected chi connectivity index (χ0v) is 12.4. The summed E-state index contributed by atoms with van der Waals surface area (Å²) in [5.41, 5.74) is 1.22. The van der Waals surface area contributed by atoms with Gasteiger partial charge >= 0.3 is 0 Å². The molecule has 4 heteroatoms. The Hall–Kier alpha value is -1.16. The fourth-order valence-corrected chi connectivity index (χ4v) is 3.18. The third kappa shape index (κ3) is 3.11. The van der Waals surface area contributed by atoms with Crippen molar-refractivity contribution in [3.8, 4) is 0 Å². The highest BCUT2D eigenvalue weighted by Gasteiger charge is 2.25. The summed E-state index contributed by atoms with van der Waals surface area (Å²) >= 11 is 0. The van der Waals surface area contributed by atoms with E-state index in [0.29, 0.717) is 5.92 Å². The summed E-state index contributed by atoms with van der Waals surface area (Å²) in [6.07, 6.45) is 8.62. The highest BCUT2D eigenvalue weighted by molar-refractivity contribution is 5.37. The molecule has 1 aliphatic carbocycles. The molecule has 1 unspecified atom stereocenters. The Morgan fingerprint density at radius 2 is 2.05 bits per heavy atom. The van der Waals surface area contributed by atoms with Gasteiger partial charge < -0.3 is 10.1 Å². The van der Waals surface area contributed by atoms with Crippen LogP contribution in [0.2, 0.25) is 0 Å². The molecule has 0 spiro atoms. The van der Waals surface area contributed by atoms with Gasteiger partial charge in [-0.25, -0.2) is 9.97 Å². The van der Waals surface area contributed by atoms with E-state index in [1.807, 2.05) is 0 Å². The highest BCUT2D eigenvalue weighted by atomic mass is 16.5. The van der Waals surface area contributed by atoms with Crippen molar-refractivity contribution in [1.82, 2.24) is 9.97 Å². The van der Waals surface area contributed by atoms with Crippen LogP contribution in [0.25, 0.3) is 0 Å². The Kier molecular flexibility index (Phi) is 4.51. The molecule has 3 rings (SSSR count). The maximum absolute atomic E-state index is 5.76. The molecule has 1 saturated carbocycles. The Morgan fingerprint density at radius 3 is 2.75 bits per heavy atom. The third-order valence-corrected chi connectivity index (χ3v) is 4.31. The molecule has 2 heterocycles. The maximum Gasteiger partial charge on any atom is 0.159 e. The number of ether oxygens (including phenoxy) is 1. The maximum atomic E-state index is 5.76. The summed E-state index contributed by atoms with van der Waals surface area (Å²) in [6.45, 7) is 3.98. The van der Waals surface area contributed by atoms with Crippen LogP contribution < -0.4 is 5.32 Å². The first-order chi connectivity index (χ1) is 9.86. The van der Waals surface area contributed by atoms with E-state index in [0.717, 1.165) is 44.1 Å². The third-order valence-electron chi connectivity index (χ3n) is 4.31. The van der Waals surface area contributed by atoms with Gasteiger partial charge in [0.25, 0.3) is 0 Å². The zero-order chi connectivity index (χ0) is 13.8. The summed E-state index contributed by atoms with van der Waals surface area (Å²) in [5.74, 6) is 2.50. The summed E-state index contributed by atoms with van der Waals surface area (Å²) < 4.78 is 5.76. The second kappa shape index (κ2) is 6.53. The Balaban J connectivity index is 1.85. The van der Waals surface area contributed by atoms with Gasteiger partial charge in [0.2, 0.25) is 0 Å². The molecule has 1 aromatic rings. The van der Waals surface area contributed by atoms with E-state index in [9.17, 15) is 0 Å². The minimum absolute atomic E-state index is 0.110. The van der Waals surface area contributed by atoms with E-state index in [-0.39, 0.29) is 6.10 Å². The molecule has 1 aliphatic heterocycles. The number of aromatic nitrogens is 2. The molecule has 0 amide bonds. The normalized spacial score (nSPS) is 23.4. The van der Waals surface area contributed by atoms with Crippen molar-refractivity contribution in [1.29, 1.82) is 0 Å². The van der Waals surface area contributed by atoms with Gasteiger partial charge in [0.15, 0.2) is 5.82 Å². The van der Waals surface area contributed by atoms with Crippen molar-refractivity contribution >= 4 is 5.82 Å². The number of nitrogens with one attached hydrogen (secondary N) is 1. The minimum atomic E-state index is 0.110. The summed E-state index contributed by atoms with van der Waals surface area (Å²) in [5, 5.41) is 3.42. The second-order valence-electron chi connectivity index (χ2n) is 5.95. The molecule has 1 aromatic heterocycles.